The second kappa shape index (κ2) is 6.23. The zero-order valence-corrected chi connectivity index (χ0v) is 12.8. The first-order valence-electron chi connectivity index (χ1n) is 7.33. The van der Waals surface area contributed by atoms with Gasteiger partial charge in [-0.2, -0.15) is 13.2 Å². The smallest absolute Gasteiger partial charge is 0.416 e. The Kier molecular flexibility index (Phi) is 4.27. The van der Waals surface area contributed by atoms with Crippen LogP contribution in [0.5, 0.6) is 0 Å². The van der Waals surface area contributed by atoms with Crippen LogP contribution in [0.4, 0.5) is 13.2 Å². The van der Waals surface area contributed by atoms with Gasteiger partial charge in [-0.3, -0.25) is 9.69 Å². The number of piperazine rings is 1. The summed E-state index contributed by atoms with van der Waals surface area (Å²) in [6.45, 7) is 2.45. The minimum atomic E-state index is -4.54. The minimum Gasteiger partial charge on any atom is -0.424 e. The highest BCUT2D eigenvalue weighted by Gasteiger charge is 2.40. The predicted octanol–water partition coefficient (Wildman–Crippen LogP) is 2.07. The molecule has 0 spiro atoms. The molecule has 2 heterocycles. The first kappa shape index (κ1) is 16.4. The molecular formula is C15H15F3N4O2. The molecule has 1 saturated heterocycles. The maximum atomic E-state index is 13.3. The van der Waals surface area contributed by atoms with Crippen LogP contribution in [-0.4, -0.2) is 34.1 Å². The van der Waals surface area contributed by atoms with Gasteiger partial charge < -0.3 is 9.73 Å². The zero-order chi connectivity index (χ0) is 17.3. The van der Waals surface area contributed by atoms with Gasteiger partial charge in [-0.25, -0.2) is 0 Å². The molecule has 1 aromatic carbocycles. The van der Waals surface area contributed by atoms with Gasteiger partial charge in [0.15, 0.2) is 0 Å². The quantitative estimate of drug-likeness (QED) is 0.926. The topological polar surface area (TPSA) is 71.3 Å². The Hall–Kier alpha value is -2.42. The van der Waals surface area contributed by atoms with Crippen LogP contribution in [0.2, 0.25) is 0 Å². The summed E-state index contributed by atoms with van der Waals surface area (Å²) >= 11 is 0. The summed E-state index contributed by atoms with van der Waals surface area (Å²) in [6, 6.07) is 4.03. The Labute approximate surface area is 135 Å². The third-order valence-electron chi connectivity index (χ3n) is 3.78. The van der Waals surface area contributed by atoms with Crippen molar-refractivity contribution >= 4 is 5.91 Å². The molecule has 0 radical (unpaired) electrons. The molecule has 2 aromatic rings. The van der Waals surface area contributed by atoms with E-state index in [4.69, 9.17) is 4.42 Å². The fraction of sp³-hybridized carbons (Fsp3) is 0.400. The van der Waals surface area contributed by atoms with E-state index in [1.165, 1.54) is 18.2 Å². The maximum absolute atomic E-state index is 13.3. The van der Waals surface area contributed by atoms with Crippen LogP contribution >= 0.6 is 0 Å². The molecule has 128 valence electrons. The van der Waals surface area contributed by atoms with E-state index < -0.39 is 23.7 Å². The Morgan fingerprint density at radius 2 is 2.08 bits per heavy atom. The van der Waals surface area contributed by atoms with Crippen LogP contribution in [0, 0.1) is 6.92 Å². The number of carbonyl (C=O) groups excluding carboxylic acids is 1. The lowest BCUT2D eigenvalue weighted by atomic mass is 9.96. The first-order valence-corrected chi connectivity index (χ1v) is 7.33. The number of hydrogen-bond acceptors (Lipinski definition) is 5. The molecule has 0 aliphatic carbocycles. The van der Waals surface area contributed by atoms with E-state index in [9.17, 15) is 18.0 Å². The highest BCUT2D eigenvalue weighted by atomic mass is 19.4. The van der Waals surface area contributed by atoms with Crippen molar-refractivity contribution in [1.82, 2.24) is 20.4 Å². The zero-order valence-electron chi connectivity index (χ0n) is 12.8. The Morgan fingerprint density at radius 3 is 2.75 bits per heavy atom. The number of aryl methyl sites for hydroxylation is 1. The van der Waals surface area contributed by atoms with E-state index in [1.54, 1.807) is 11.8 Å². The molecule has 24 heavy (non-hydrogen) atoms. The average molecular weight is 340 g/mol. The molecule has 1 N–H and O–H groups in total. The molecule has 1 amide bonds. The number of alkyl halides is 3. The van der Waals surface area contributed by atoms with Gasteiger partial charge in [0.05, 0.1) is 12.1 Å². The normalized spacial score (nSPS) is 19.3. The van der Waals surface area contributed by atoms with Gasteiger partial charge in [-0.05, 0) is 11.6 Å². The maximum Gasteiger partial charge on any atom is 0.416 e. The van der Waals surface area contributed by atoms with Gasteiger partial charge in [0.1, 0.15) is 6.04 Å². The number of rotatable bonds is 3. The molecule has 0 saturated carbocycles. The van der Waals surface area contributed by atoms with Crippen molar-refractivity contribution in [1.29, 1.82) is 0 Å². The molecule has 0 unspecified atom stereocenters. The molecule has 6 nitrogen and oxygen atoms in total. The van der Waals surface area contributed by atoms with Gasteiger partial charge in [-0.1, -0.05) is 18.2 Å². The second-order valence-corrected chi connectivity index (χ2v) is 5.46. The Balaban J connectivity index is 1.97. The molecular weight excluding hydrogens is 325 g/mol. The highest BCUT2D eigenvalue weighted by molar-refractivity contribution is 5.84. The summed E-state index contributed by atoms with van der Waals surface area (Å²) in [5.41, 5.74) is -0.905. The Morgan fingerprint density at radius 1 is 1.33 bits per heavy atom. The van der Waals surface area contributed by atoms with Crippen LogP contribution < -0.4 is 5.32 Å². The molecule has 1 aliphatic rings. The molecule has 1 aliphatic heterocycles. The first-order chi connectivity index (χ1) is 11.4. The molecule has 9 heteroatoms. The lowest BCUT2D eigenvalue weighted by molar-refractivity contribution is -0.140. The number of amides is 1. The summed E-state index contributed by atoms with van der Waals surface area (Å²) in [5, 5.41) is 10.2. The summed E-state index contributed by atoms with van der Waals surface area (Å²) in [4.78, 5) is 13.9. The van der Waals surface area contributed by atoms with E-state index in [0.29, 0.717) is 19.0 Å². The van der Waals surface area contributed by atoms with Crippen LogP contribution in [0.25, 0.3) is 0 Å². The number of carbonyl (C=O) groups is 1. The number of halogens is 3. The van der Waals surface area contributed by atoms with Gasteiger partial charge in [0.25, 0.3) is 0 Å². The number of hydrogen-bond donors (Lipinski definition) is 1. The summed E-state index contributed by atoms with van der Waals surface area (Å²) in [5.74, 6) is 0.143. The molecule has 0 bridgehead atoms. The van der Waals surface area contributed by atoms with E-state index in [2.05, 4.69) is 15.5 Å². The standard InChI is InChI=1S/C15H15F3N4O2/c1-9-20-21-12(24-9)8-22-7-6-19-14(23)13(22)10-4-2-3-5-11(10)15(16,17)18/h2-5,13H,6-8H2,1H3,(H,19,23)/t13-/m0/s1. The van der Waals surface area contributed by atoms with E-state index in [1.807, 2.05) is 0 Å². The lowest BCUT2D eigenvalue weighted by Crippen LogP contribution is -2.50. The number of nitrogens with one attached hydrogen (secondary N) is 1. The average Bonchev–Trinajstić information content (AvgIpc) is 2.92. The third-order valence-corrected chi connectivity index (χ3v) is 3.78. The van der Waals surface area contributed by atoms with Crippen LogP contribution in [0.3, 0.4) is 0 Å². The summed E-state index contributed by atoms with van der Waals surface area (Å²) in [6.07, 6.45) is -4.54. The lowest BCUT2D eigenvalue weighted by Gasteiger charge is -2.35. The van der Waals surface area contributed by atoms with Crippen molar-refractivity contribution in [3.05, 3.63) is 47.2 Å². The molecule has 1 atom stereocenters. The van der Waals surface area contributed by atoms with Crippen molar-refractivity contribution in [2.24, 2.45) is 0 Å². The Bertz CT molecular complexity index is 744. The van der Waals surface area contributed by atoms with Crippen molar-refractivity contribution in [2.45, 2.75) is 25.7 Å². The summed E-state index contributed by atoms with van der Waals surface area (Å²) < 4.78 is 45.2. The molecule has 1 aromatic heterocycles. The predicted molar refractivity (Wildman–Crippen MR) is 76.6 cm³/mol. The van der Waals surface area contributed by atoms with E-state index in [0.717, 1.165) is 6.07 Å². The monoisotopic (exact) mass is 340 g/mol. The van der Waals surface area contributed by atoms with Crippen molar-refractivity contribution < 1.29 is 22.4 Å². The third kappa shape index (κ3) is 3.25. The van der Waals surface area contributed by atoms with Crippen LogP contribution in [0.1, 0.15) is 29.0 Å². The van der Waals surface area contributed by atoms with Crippen LogP contribution in [0.15, 0.2) is 28.7 Å². The van der Waals surface area contributed by atoms with E-state index in [-0.39, 0.29) is 18.0 Å². The van der Waals surface area contributed by atoms with Crippen molar-refractivity contribution in [2.75, 3.05) is 13.1 Å². The molecule has 3 rings (SSSR count). The van der Waals surface area contributed by atoms with Crippen molar-refractivity contribution in [3.63, 3.8) is 0 Å². The highest BCUT2D eigenvalue weighted by Crippen LogP contribution is 2.37. The number of nitrogens with zero attached hydrogens (tertiary/aromatic N) is 3. The summed E-state index contributed by atoms with van der Waals surface area (Å²) in [7, 11) is 0. The van der Waals surface area contributed by atoms with Gasteiger partial charge in [0.2, 0.25) is 17.7 Å². The molecule has 1 fully saturated rings. The van der Waals surface area contributed by atoms with E-state index >= 15 is 0 Å². The van der Waals surface area contributed by atoms with Crippen molar-refractivity contribution in [3.8, 4) is 0 Å². The van der Waals surface area contributed by atoms with Crippen LogP contribution in [-0.2, 0) is 17.5 Å². The number of aromatic nitrogens is 2. The fourth-order valence-electron chi connectivity index (χ4n) is 2.79. The number of benzene rings is 1. The van der Waals surface area contributed by atoms with Gasteiger partial charge >= 0.3 is 6.18 Å². The second-order valence-electron chi connectivity index (χ2n) is 5.46. The SMILES string of the molecule is Cc1nnc(CN2CCNC(=O)[C@@H]2c2ccccc2C(F)(F)F)o1. The fourth-order valence-corrected chi connectivity index (χ4v) is 2.79. The van der Waals surface area contributed by atoms with Gasteiger partial charge in [0, 0.05) is 20.0 Å². The minimum absolute atomic E-state index is 0.0848. The largest absolute Gasteiger partial charge is 0.424 e. The van der Waals surface area contributed by atoms with Gasteiger partial charge in [-0.15, -0.1) is 10.2 Å².